The van der Waals surface area contributed by atoms with Gasteiger partial charge in [0.25, 0.3) is 11.0 Å². The molecule has 2 unspecified atom stereocenters. The molecule has 55 heteroatoms. The van der Waals surface area contributed by atoms with E-state index in [2.05, 4.69) is 49.3 Å². The van der Waals surface area contributed by atoms with Crippen LogP contribution in [-0.4, -0.2) is 207 Å². The molecule has 5 aromatic rings. The van der Waals surface area contributed by atoms with Gasteiger partial charge < -0.3 is 24.1 Å². The number of urea groups is 2. The molecule has 4 heterocycles. The molecule has 0 aliphatic carbocycles. The number of nitrogens with one attached hydrogen (secondary N) is 5. The highest BCUT2D eigenvalue weighted by Crippen LogP contribution is 2.33. The number of alkyl halides is 5. The summed E-state index contributed by atoms with van der Waals surface area (Å²) in [5, 5.41) is 16.4. The molecule has 0 bridgehead atoms. The van der Waals surface area contributed by atoms with Crippen LogP contribution in [0.4, 0.5) is 44.7 Å². The second kappa shape index (κ2) is 75.7. The molecule has 0 spiro atoms. The lowest BCUT2D eigenvalue weighted by Gasteiger charge is -2.37. The average molecular weight is 2440 g/mol. The Bertz CT molecular complexity index is 5040. The van der Waals surface area contributed by atoms with Crippen LogP contribution in [0.15, 0.2) is 101 Å². The number of hydrogen-bond donors (Lipinski definition) is 7. The fraction of sp³-hybridized carbons (Fsp3) is 0.533. The van der Waals surface area contributed by atoms with Gasteiger partial charge in [-0.15, -0.1) is 0 Å². The lowest BCUT2D eigenvalue weighted by Crippen LogP contribution is -2.64. The monoisotopic (exact) mass is 2430 g/mol. The van der Waals surface area contributed by atoms with Gasteiger partial charge in [0, 0.05) is 61.4 Å². The topological polar surface area (TPSA) is 435 Å². The predicted octanol–water partition coefficient (Wildman–Crippen LogP) is 15.1. The van der Waals surface area contributed by atoms with E-state index in [0.717, 1.165) is 32.6 Å². The molecule has 145 heavy (non-hydrogen) atoms. The fourth-order valence-corrected chi connectivity index (χ4v) is 14.4. The van der Waals surface area contributed by atoms with Gasteiger partial charge in [0.2, 0.25) is 30.1 Å². The molecule has 0 radical (unpaired) electrons. The third kappa shape index (κ3) is 55.9. The normalized spacial score (nSPS) is 16.5. The number of esters is 2. The first-order valence-electron chi connectivity index (χ1n) is 41.9. The number of rotatable bonds is 24. The van der Waals surface area contributed by atoms with Crippen LogP contribution in [0.2, 0.25) is 0 Å². The lowest BCUT2D eigenvalue weighted by molar-refractivity contribution is -0.152. The minimum absolute atomic E-state index is 0. The van der Waals surface area contributed by atoms with Crippen molar-refractivity contribution in [1.29, 1.82) is 0 Å². The number of carbonyl (C=O) groups is 11. The number of carboxylic acid groups (broad SMARTS) is 1. The number of ketones is 1. The van der Waals surface area contributed by atoms with Crippen molar-refractivity contribution in [3.05, 3.63) is 176 Å². The first-order valence-corrected chi connectivity index (χ1v) is 48.6. The highest BCUT2D eigenvalue weighted by molar-refractivity contribution is 9.09. The van der Waals surface area contributed by atoms with Gasteiger partial charge in [-0.3, -0.25) is 54.3 Å². The van der Waals surface area contributed by atoms with E-state index in [-0.39, 0.29) is 201 Å². The summed E-state index contributed by atoms with van der Waals surface area (Å²) in [7, 11) is -7.72. The van der Waals surface area contributed by atoms with Crippen LogP contribution in [0.25, 0.3) is 0 Å². The van der Waals surface area contributed by atoms with E-state index < -0.39 is 204 Å². The van der Waals surface area contributed by atoms with Crippen LogP contribution in [0.3, 0.4) is 0 Å². The zero-order chi connectivity index (χ0) is 103. The van der Waals surface area contributed by atoms with E-state index in [0.29, 0.717) is 80.7 Å². The molecule has 4 aliphatic heterocycles. The van der Waals surface area contributed by atoms with Crippen LogP contribution < -0.4 is 29.9 Å². The number of aldehydes is 1. The van der Waals surface area contributed by atoms with Crippen LogP contribution in [0.1, 0.15) is 228 Å². The van der Waals surface area contributed by atoms with Crippen molar-refractivity contribution in [3.8, 4) is 0 Å². The summed E-state index contributed by atoms with van der Waals surface area (Å²) in [5.74, 6) is -12.4. The number of imide groups is 4. The van der Waals surface area contributed by atoms with Crippen LogP contribution in [0.5, 0.6) is 0 Å². The fourth-order valence-electron chi connectivity index (χ4n) is 11.2. The maximum atomic E-state index is 15.8. The summed E-state index contributed by atoms with van der Waals surface area (Å²) >= 11 is 2.40. The number of halogens is 9. The Morgan fingerprint density at radius 2 is 0.848 bits per heavy atom. The lowest BCUT2D eigenvalue weighted by atomic mass is 9.89. The summed E-state index contributed by atoms with van der Waals surface area (Å²) in [4.78, 5) is 130. The number of hydrogen-bond acceptors (Lipinski definition) is 20. The van der Waals surface area contributed by atoms with E-state index in [1.807, 2.05) is 60.7 Å². The number of benzene rings is 5. The highest BCUT2D eigenvalue weighted by Gasteiger charge is 2.51. The molecule has 4 saturated heterocycles. The summed E-state index contributed by atoms with van der Waals surface area (Å²) < 4.78 is 197. The third-order valence-corrected chi connectivity index (χ3v) is 26.3. The van der Waals surface area contributed by atoms with Gasteiger partial charge in [0.1, 0.15) is 40.7 Å². The van der Waals surface area contributed by atoms with Gasteiger partial charge in [-0.05, 0) is 236 Å². The Kier molecular flexibility index (Phi) is 83.6. The molecule has 8 N–H and O–H groups in total. The van der Waals surface area contributed by atoms with Crippen molar-refractivity contribution in [3.63, 3.8) is 0 Å². The van der Waals surface area contributed by atoms with E-state index >= 15 is 4.39 Å². The van der Waals surface area contributed by atoms with Crippen LogP contribution in [-0.2, 0) is 112 Å². The quantitative estimate of drug-likeness (QED) is 0.00753. The molecule has 5 aromatic carbocycles. The van der Waals surface area contributed by atoms with E-state index in [1.54, 1.807) is 139 Å². The van der Waals surface area contributed by atoms with Crippen molar-refractivity contribution < 1.29 is 133 Å². The number of ether oxygens (including phenoxy) is 4. The van der Waals surface area contributed by atoms with Gasteiger partial charge in [-0.1, -0.05) is 88.5 Å². The maximum absolute atomic E-state index is 15.8. The molecular weight excluding hydrogens is 2290 g/mol. The first kappa shape index (κ1) is 160. The van der Waals surface area contributed by atoms with Crippen molar-refractivity contribution in [2.24, 2.45) is 15.5 Å². The standard InChI is InChI=1S/C23H30FN3O6S.C16H23F2NO3S.C14H19F2NO3S.C12H16FNOS.C9H12N2O4.C8H7FO.C4H6BrFO2.C4H11NOS.11H2S/c1-13-6-5-7-14(12-13)18(26-34(32)23(2,3)4)17(24)19(28)16-20(29)25-22(31)27(21(16)30)15-8-10-33-11-9-15;1-6-22-15(20)13(18)14(19-23(21)16(3,4)5)11-9-10(2)7-8-12(11)17;1-8-5-6-10(15)9(7-8)12(11(16)13(18)19)17-21(20)14(2,3)4;1-9-5-6-11(13)10(7-9)8-14-16(15)12(2,3)4;12-7-5-8(13)11(9(14)10-7)6-1-3-15-4-2-6;1-6-2-3-8(9)7(4-6)5-10;1-2-8-4(7)3(5)6;1-4(2,3)7(5)6;;;;;;;;;;;/h5-7,12,15-18,26H,8-11H2,1-4H3,(H,25,29,31);7-9,13-14,19H,6H2,1-5H3;5-7,11-12,17H,1-4H3,(H,18,19);5-8H,1-4H3;6H,1-5H2,(H,10,12,14);2-5H,1H3;3H,2H2,1H3;5H2,1-3H3;11*1H2/t16?,17-,18-,34-;13-,14-,23-;11-,12-,21-;16-;;;;7-;;;;;;;;;;;/m0000...0.........../s1. The Hall–Kier alpha value is -4.98. The van der Waals surface area contributed by atoms with Gasteiger partial charge in [-0.2, -0.15) is 153 Å². The molecule has 4 fully saturated rings. The second-order valence-corrected chi connectivity index (χ2v) is 45.8. The molecule has 0 saturated carbocycles. The Morgan fingerprint density at radius 3 is 1.19 bits per heavy atom. The number of carbonyl (C=O) groups excluding carboxylic acids is 10. The van der Waals surface area contributed by atoms with E-state index in [4.69, 9.17) is 19.7 Å². The zero-order valence-corrected chi connectivity index (χ0v) is 101. The molecule has 13 atom stereocenters. The predicted molar refractivity (Wildman–Crippen MR) is 615 cm³/mol. The first-order chi connectivity index (χ1) is 61.9. The SMILES string of the molecule is CC(C)(C)[S@@](N)=O.CCOC(=O)C(F)Br.CCOC(=O)[C@@H](F)[C@@H](N[S@@](=O)C(C)(C)C)c1cc(C)ccc1F.Cc1ccc(F)c(C=N[S@@](=O)C(C)(C)C)c1.Cc1ccc(F)c(C=O)c1.Cc1ccc(F)c([C@H](N[S@@](=O)C(C)(C)C)[C@H](F)C(=O)O)c1.Cc1cccc([C@H](N[S@@](=O)C(C)(C)C)[C@H](F)C(=O)C2C(=O)NC(=O)N(C3CCOCC3)C2=O)c1.O=C1CC(=O)N(C2CCOCC2)C(=O)N1.S.S.S.S.S.S.S.S.S.S.S. The number of nitrogens with two attached hydrogens (primary N) is 1. The number of aliphatic carboxylic acids is 1. The molecule has 4 aliphatic rings. The molecule has 836 valence electrons. The summed E-state index contributed by atoms with van der Waals surface area (Å²) in [6.45, 7) is 40.1. The van der Waals surface area contributed by atoms with Gasteiger partial charge in [0.05, 0.1) is 105 Å². The van der Waals surface area contributed by atoms with Gasteiger partial charge in [-0.25, -0.2) is 94.3 Å². The van der Waals surface area contributed by atoms with Gasteiger partial charge >= 0.3 is 30.0 Å². The van der Waals surface area contributed by atoms with Gasteiger partial charge in [0.15, 0.2) is 24.2 Å². The number of Topliss-reactive ketones (excluding diaryl/α,β-unsaturated/α-hetero) is 1. The largest absolute Gasteiger partial charge is 0.479 e. The summed E-state index contributed by atoms with van der Waals surface area (Å²) in [5.41, 5.74) is 4.62. The minimum Gasteiger partial charge on any atom is -0.479 e. The Morgan fingerprint density at radius 1 is 0.497 bits per heavy atom. The molecule has 8 amide bonds. The van der Waals surface area contributed by atoms with Crippen molar-refractivity contribution in [2.75, 3.05) is 39.6 Å². The van der Waals surface area contributed by atoms with E-state index in [1.165, 1.54) is 54.7 Å². The third-order valence-electron chi connectivity index (χ3n) is 18.6. The van der Waals surface area contributed by atoms with Crippen molar-refractivity contribution in [2.45, 2.75) is 262 Å². The summed E-state index contributed by atoms with van der Waals surface area (Å²) in [6.07, 6.45) is -3.34. The van der Waals surface area contributed by atoms with E-state index in [9.17, 15) is 105 Å². The second-order valence-electron chi connectivity index (χ2n) is 35.2. The summed E-state index contributed by atoms with van der Waals surface area (Å²) in [6, 6.07) is 17.5. The van der Waals surface area contributed by atoms with Crippen LogP contribution in [0, 0.1) is 63.8 Å². The Labute approximate surface area is 943 Å². The highest BCUT2D eigenvalue weighted by atomic mass is 79.9. The number of amides is 8. The number of nitrogens with zero attached hydrogens (tertiary/aromatic N) is 3. The van der Waals surface area contributed by atoms with Crippen LogP contribution >= 0.6 is 164 Å². The molecule has 9 rings (SSSR count). The number of barbiturate groups is 2. The average Bonchev–Trinajstić information content (AvgIpc) is 0.771. The zero-order valence-electron chi connectivity index (χ0n) is 84.4. The number of carboxylic acids is 1. The van der Waals surface area contributed by atoms with Crippen molar-refractivity contribution in [1.82, 2.24) is 34.6 Å². The Balaban J connectivity index is -0.000000185. The molecule has 30 nitrogen and oxygen atoms in total. The smallest absolute Gasteiger partial charge is 0.351 e. The molecule has 0 aromatic heterocycles. The minimum atomic E-state index is -2.41. The van der Waals surface area contributed by atoms with Crippen molar-refractivity contribution >= 4 is 291 Å². The maximum Gasteiger partial charge on any atom is 0.351 e. The molecular formula is C90H146BrF8N9O21S16. The number of aryl methyl sites for hydroxylation is 5.